The van der Waals surface area contributed by atoms with E-state index in [0.29, 0.717) is 18.2 Å². The standard InChI is InChI=1S/C12H13N5O4/c1-2-21-10-4-3-8(5-13-10)14-12(20)9-6-17(16-15-9)7-11(18)19/h3-6H,2,7H2,1H3,(H,14,20)(H,18,19). The van der Waals surface area contributed by atoms with Gasteiger partial charge in [-0.25, -0.2) is 9.67 Å². The van der Waals surface area contributed by atoms with Crippen LogP contribution in [0.3, 0.4) is 0 Å². The van der Waals surface area contributed by atoms with Crippen LogP contribution in [0.15, 0.2) is 24.5 Å². The van der Waals surface area contributed by atoms with Gasteiger partial charge in [0, 0.05) is 6.07 Å². The molecule has 2 rings (SSSR count). The van der Waals surface area contributed by atoms with Gasteiger partial charge in [0.15, 0.2) is 5.69 Å². The predicted molar refractivity (Wildman–Crippen MR) is 71.0 cm³/mol. The van der Waals surface area contributed by atoms with E-state index in [1.807, 2.05) is 6.92 Å². The maximum Gasteiger partial charge on any atom is 0.325 e. The summed E-state index contributed by atoms with van der Waals surface area (Å²) in [5, 5.41) is 18.3. The minimum atomic E-state index is -1.07. The summed E-state index contributed by atoms with van der Waals surface area (Å²) >= 11 is 0. The number of anilines is 1. The Kier molecular flexibility index (Phi) is 4.44. The zero-order valence-electron chi connectivity index (χ0n) is 11.2. The number of rotatable bonds is 6. The zero-order chi connectivity index (χ0) is 15.2. The van der Waals surface area contributed by atoms with Crippen LogP contribution in [0.2, 0.25) is 0 Å². The van der Waals surface area contributed by atoms with Crippen LogP contribution in [-0.2, 0) is 11.3 Å². The summed E-state index contributed by atoms with van der Waals surface area (Å²) in [5.41, 5.74) is 0.487. The summed E-state index contributed by atoms with van der Waals surface area (Å²) in [4.78, 5) is 26.4. The smallest absolute Gasteiger partial charge is 0.325 e. The van der Waals surface area contributed by atoms with Crippen molar-refractivity contribution in [1.82, 2.24) is 20.0 Å². The Morgan fingerprint density at radius 3 is 2.86 bits per heavy atom. The van der Waals surface area contributed by atoms with Crippen LogP contribution in [0.4, 0.5) is 5.69 Å². The van der Waals surface area contributed by atoms with Gasteiger partial charge in [0.25, 0.3) is 5.91 Å². The van der Waals surface area contributed by atoms with Crippen molar-refractivity contribution in [3.63, 3.8) is 0 Å². The van der Waals surface area contributed by atoms with Gasteiger partial charge in [-0.15, -0.1) is 5.10 Å². The number of carboxylic acids is 1. The van der Waals surface area contributed by atoms with Crippen molar-refractivity contribution < 1.29 is 19.4 Å². The van der Waals surface area contributed by atoms with Crippen LogP contribution in [0.5, 0.6) is 5.88 Å². The molecule has 9 nitrogen and oxygen atoms in total. The van der Waals surface area contributed by atoms with E-state index in [9.17, 15) is 9.59 Å². The van der Waals surface area contributed by atoms with E-state index in [4.69, 9.17) is 9.84 Å². The van der Waals surface area contributed by atoms with Gasteiger partial charge in [0.05, 0.1) is 24.7 Å². The van der Waals surface area contributed by atoms with Crippen molar-refractivity contribution in [2.24, 2.45) is 0 Å². The lowest BCUT2D eigenvalue weighted by molar-refractivity contribution is -0.137. The van der Waals surface area contributed by atoms with E-state index in [-0.39, 0.29) is 12.2 Å². The summed E-state index contributed by atoms with van der Waals surface area (Å²) in [6.07, 6.45) is 2.70. The number of aromatic nitrogens is 4. The molecule has 0 aromatic carbocycles. The van der Waals surface area contributed by atoms with E-state index in [1.54, 1.807) is 12.1 Å². The topological polar surface area (TPSA) is 119 Å². The Hall–Kier alpha value is -2.97. The first-order valence-electron chi connectivity index (χ1n) is 6.10. The second kappa shape index (κ2) is 6.46. The highest BCUT2D eigenvalue weighted by atomic mass is 16.5. The van der Waals surface area contributed by atoms with Crippen molar-refractivity contribution in [1.29, 1.82) is 0 Å². The summed E-state index contributed by atoms with van der Waals surface area (Å²) in [6, 6.07) is 3.26. The van der Waals surface area contributed by atoms with Gasteiger partial charge >= 0.3 is 5.97 Å². The molecule has 0 aliphatic rings. The van der Waals surface area contributed by atoms with E-state index in [0.717, 1.165) is 4.68 Å². The number of pyridine rings is 1. The molecule has 0 saturated carbocycles. The number of hydrogen-bond donors (Lipinski definition) is 2. The number of hydrogen-bond acceptors (Lipinski definition) is 6. The predicted octanol–water partition coefficient (Wildman–Crippen LogP) is 0.409. The van der Waals surface area contributed by atoms with Crippen LogP contribution in [0, 0.1) is 0 Å². The quantitative estimate of drug-likeness (QED) is 0.790. The molecule has 0 atom stereocenters. The molecule has 110 valence electrons. The Morgan fingerprint density at radius 2 is 2.24 bits per heavy atom. The third kappa shape index (κ3) is 4.00. The Morgan fingerprint density at radius 1 is 1.43 bits per heavy atom. The molecular weight excluding hydrogens is 278 g/mol. The first-order chi connectivity index (χ1) is 10.1. The van der Waals surface area contributed by atoms with Crippen LogP contribution in [-0.4, -0.2) is 43.6 Å². The molecule has 0 radical (unpaired) electrons. The number of aliphatic carboxylic acids is 1. The molecule has 2 N–H and O–H groups in total. The van der Waals surface area contributed by atoms with Crippen LogP contribution >= 0.6 is 0 Å². The fraction of sp³-hybridized carbons (Fsp3) is 0.250. The van der Waals surface area contributed by atoms with Crippen molar-refractivity contribution in [3.05, 3.63) is 30.2 Å². The average molecular weight is 291 g/mol. The SMILES string of the molecule is CCOc1ccc(NC(=O)c2cn(CC(=O)O)nn2)cn1. The lowest BCUT2D eigenvalue weighted by atomic mass is 10.3. The van der Waals surface area contributed by atoms with Gasteiger partial charge in [-0.2, -0.15) is 0 Å². The first-order valence-corrected chi connectivity index (χ1v) is 6.10. The molecular formula is C12H13N5O4. The molecule has 9 heteroatoms. The monoisotopic (exact) mass is 291 g/mol. The maximum absolute atomic E-state index is 11.9. The number of nitrogens with zero attached hydrogens (tertiary/aromatic N) is 4. The van der Waals surface area contributed by atoms with Gasteiger partial charge in [0.2, 0.25) is 5.88 Å². The molecule has 0 saturated heterocycles. The second-order valence-electron chi connectivity index (χ2n) is 3.97. The first kappa shape index (κ1) is 14.4. The number of ether oxygens (including phenoxy) is 1. The van der Waals surface area contributed by atoms with E-state index < -0.39 is 11.9 Å². The molecule has 0 spiro atoms. The number of carbonyl (C=O) groups is 2. The lowest BCUT2D eigenvalue weighted by Crippen LogP contribution is -2.13. The average Bonchev–Trinajstić information content (AvgIpc) is 2.89. The number of carboxylic acid groups (broad SMARTS) is 1. The third-order valence-electron chi connectivity index (χ3n) is 2.35. The zero-order valence-corrected chi connectivity index (χ0v) is 11.2. The lowest BCUT2D eigenvalue weighted by Gasteiger charge is -2.04. The van der Waals surface area contributed by atoms with Crippen molar-refractivity contribution >= 4 is 17.6 Å². The number of carbonyl (C=O) groups excluding carboxylic acids is 1. The molecule has 2 aromatic heterocycles. The molecule has 0 bridgehead atoms. The van der Waals surface area contributed by atoms with Gasteiger partial charge in [-0.05, 0) is 13.0 Å². The highest BCUT2D eigenvalue weighted by Gasteiger charge is 2.12. The summed E-state index contributed by atoms with van der Waals surface area (Å²) in [6.45, 7) is 1.99. The summed E-state index contributed by atoms with van der Waals surface area (Å²) < 4.78 is 6.25. The maximum atomic E-state index is 11.9. The molecule has 0 aliphatic heterocycles. The van der Waals surface area contributed by atoms with Gasteiger partial charge in [-0.1, -0.05) is 5.21 Å². The van der Waals surface area contributed by atoms with E-state index >= 15 is 0 Å². The molecule has 1 amide bonds. The minimum absolute atomic E-state index is 0.0186. The highest BCUT2D eigenvalue weighted by molar-refractivity contribution is 6.02. The molecule has 0 fully saturated rings. The summed E-state index contributed by atoms with van der Waals surface area (Å²) in [7, 11) is 0. The van der Waals surface area contributed by atoms with Crippen LogP contribution in [0.25, 0.3) is 0 Å². The van der Waals surface area contributed by atoms with Crippen molar-refractivity contribution in [3.8, 4) is 5.88 Å². The molecule has 0 unspecified atom stereocenters. The summed E-state index contributed by atoms with van der Waals surface area (Å²) in [5.74, 6) is -1.11. The van der Waals surface area contributed by atoms with Gasteiger partial charge in [0.1, 0.15) is 6.54 Å². The van der Waals surface area contributed by atoms with Crippen LogP contribution < -0.4 is 10.1 Å². The molecule has 21 heavy (non-hydrogen) atoms. The van der Waals surface area contributed by atoms with Gasteiger partial charge < -0.3 is 15.2 Å². The molecule has 0 aliphatic carbocycles. The third-order valence-corrected chi connectivity index (χ3v) is 2.35. The Bertz CT molecular complexity index is 637. The minimum Gasteiger partial charge on any atom is -0.480 e. The van der Waals surface area contributed by atoms with E-state index in [2.05, 4.69) is 20.6 Å². The number of amides is 1. The van der Waals surface area contributed by atoms with Crippen molar-refractivity contribution in [2.45, 2.75) is 13.5 Å². The van der Waals surface area contributed by atoms with Gasteiger partial charge in [-0.3, -0.25) is 9.59 Å². The second-order valence-corrected chi connectivity index (χ2v) is 3.97. The molecule has 2 aromatic rings. The largest absolute Gasteiger partial charge is 0.480 e. The number of nitrogens with one attached hydrogen (secondary N) is 1. The van der Waals surface area contributed by atoms with Crippen molar-refractivity contribution in [2.75, 3.05) is 11.9 Å². The van der Waals surface area contributed by atoms with Crippen LogP contribution in [0.1, 0.15) is 17.4 Å². The fourth-order valence-corrected chi connectivity index (χ4v) is 1.50. The highest BCUT2D eigenvalue weighted by Crippen LogP contribution is 2.12. The normalized spacial score (nSPS) is 10.1. The molecule has 2 heterocycles. The Balaban J connectivity index is 2.00. The fourth-order valence-electron chi connectivity index (χ4n) is 1.50. The Labute approximate surface area is 119 Å². The van der Waals surface area contributed by atoms with E-state index in [1.165, 1.54) is 12.4 Å².